The molecule has 0 bridgehead atoms. The molecular formula is C8H11N. The highest BCUT2D eigenvalue weighted by molar-refractivity contribution is 5.71. The van der Waals surface area contributed by atoms with Gasteiger partial charge < -0.3 is 0 Å². The van der Waals surface area contributed by atoms with Gasteiger partial charge in [0.25, 0.3) is 0 Å². The van der Waals surface area contributed by atoms with Crippen LogP contribution >= 0.6 is 0 Å². The Bertz CT molecular complexity index is 169. The third-order valence-corrected chi connectivity index (χ3v) is 0.888. The van der Waals surface area contributed by atoms with Crippen LogP contribution in [0.25, 0.3) is 0 Å². The second kappa shape index (κ2) is 5.07. The van der Waals surface area contributed by atoms with Gasteiger partial charge in [-0.2, -0.15) is 0 Å². The number of allylic oxidation sites excluding steroid dienone is 3. The summed E-state index contributed by atoms with van der Waals surface area (Å²) in [7, 11) is 0. The van der Waals surface area contributed by atoms with Gasteiger partial charge in [-0.05, 0) is 19.9 Å². The normalized spacial score (nSPS) is 11.6. The molecule has 9 heavy (non-hydrogen) atoms. The van der Waals surface area contributed by atoms with Crippen LogP contribution in [0.4, 0.5) is 0 Å². The Morgan fingerprint density at radius 1 is 1.67 bits per heavy atom. The maximum Gasteiger partial charge on any atom is 0.0347 e. The van der Waals surface area contributed by atoms with Gasteiger partial charge in [0.2, 0.25) is 0 Å². The second-order valence-corrected chi connectivity index (χ2v) is 1.58. The van der Waals surface area contributed by atoms with Gasteiger partial charge in [-0.15, -0.1) is 5.73 Å². The standard InChI is InChI=1S/C8H11N/c1-4-6-7-9-8(3)5-2/h5-7H,1H2,2-3H3/b8-5-,9-7-. The van der Waals surface area contributed by atoms with E-state index in [4.69, 9.17) is 0 Å². The van der Waals surface area contributed by atoms with E-state index < -0.39 is 0 Å². The lowest BCUT2D eigenvalue weighted by molar-refractivity contribution is 1.30. The Kier molecular flexibility index (Phi) is 4.47. The molecule has 0 aromatic carbocycles. The molecule has 0 aliphatic rings. The Balaban J connectivity index is 3.85. The summed E-state index contributed by atoms with van der Waals surface area (Å²) in [6, 6.07) is 0. The van der Waals surface area contributed by atoms with Gasteiger partial charge in [0, 0.05) is 11.9 Å². The van der Waals surface area contributed by atoms with Crippen LogP contribution in [0.1, 0.15) is 13.8 Å². The topological polar surface area (TPSA) is 12.4 Å². The van der Waals surface area contributed by atoms with Gasteiger partial charge >= 0.3 is 0 Å². The van der Waals surface area contributed by atoms with E-state index >= 15 is 0 Å². The van der Waals surface area contributed by atoms with Crippen molar-refractivity contribution in [1.29, 1.82) is 0 Å². The summed E-state index contributed by atoms with van der Waals surface area (Å²) >= 11 is 0. The number of rotatable bonds is 2. The third kappa shape index (κ3) is 4.79. The fourth-order valence-corrected chi connectivity index (χ4v) is 0.282. The summed E-state index contributed by atoms with van der Waals surface area (Å²) in [6.07, 6.45) is 5.28. The molecule has 0 fully saturated rings. The predicted molar refractivity (Wildman–Crippen MR) is 41.6 cm³/mol. The van der Waals surface area contributed by atoms with Gasteiger partial charge in [0.05, 0.1) is 0 Å². The summed E-state index contributed by atoms with van der Waals surface area (Å²) in [5.41, 5.74) is 3.60. The van der Waals surface area contributed by atoms with Gasteiger partial charge in [0.1, 0.15) is 0 Å². The minimum atomic E-state index is 1.00. The van der Waals surface area contributed by atoms with E-state index in [0.29, 0.717) is 0 Å². The van der Waals surface area contributed by atoms with E-state index in [0.717, 1.165) is 5.70 Å². The molecule has 0 N–H and O–H groups in total. The Hall–Kier alpha value is -1.07. The SMILES string of the molecule is C=C=C/C=N\C(C)=C/C. The first-order chi connectivity index (χ1) is 4.31. The molecule has 1 nitrogen and oxygen atoms in total. The van der Waals surface area contributed by atoms with Crippen LogP contribution in [0.15, 0.2) is 35.2 Å². The predicted octanol–water partition coefficient (Wildman–Crippen LogP) is 2.32. The largest absolute Gasteiger partial charge is 0.261 e. The highest BCUT2D eigenvalue weighted by atomic mass is 14.7. The quantitative estimate of drug-likeness (QED) is 0.392. The fraction of sp³-hybridized carbons (Fsp3) is 0.250. The lowest BCUT2D eigenvalue weighted by Gasteiger charge is -1.82. The van der Waals surface area contributed by atoms with Crippen LogP contribution in [0.3, 0.4) is 0 Å². The molecule has 0 unspecified atom stereocenters. The van der Waals surface area contributed by atoms with E-state index in [-0.39, 0.29) is 0 Å². The zero-order chi connectivity index (χ0) is 7.11. The van der Waals surface area contributed by atoms with Crippen molar-refractivity contribution in [3.8, 4) is 0 Å². The van der Waals surface area contributed by atoms with Crippen LogP contribution in [-0.4, -0.2) is 6.21 Å². The monoisotopic (exact) mass is 121 g/mol. The molecule has 48 valence electrons. The first kappa shape index (κ1) is 7.93. The molecule has 0 aromatic heterocycles. The third-order valence-electron chi connectivity index (χ3n) is 0.888. The summed E-state index contributed by atoms with van der Waals surface area (Å²) in [5, 5.41) is 0. The maximum atomic E-state index is 4.01. The van der Waals surface area contributed by atoms with Crippen molar-refractivity contribution in [3.05, 3.63) is 30.2 Å². The highest BCUT2D eigenvalue weighted by Crippen LogP contribution is 1.89. The molecule has 0 aliphatic carbocycles. The average molecular weight is 121 g/mol. The molecule has 0 aliphatic heterocycles. The minimum absolute atomic E-state index is 1.00. The van der Waals surface area contributed by atoms with Gasteiger partial charge in [-0.3, -0.25) is 4.99 Å². The highest BCUT2D eigenvalue weighted by Gasteiger charge is 1.72. The number of aliphatic imine (C=N–C) groups is 1. The number of hydrogen-bond acceptors (Lipinski definition) is 1. The second-order valence-electron chi connectivity index (χ2n) is 1.58. The Morgan fingerprint density at radius 3 is 2.78 bits per heavy atom. The number of hydrogen-bond donors (Lipinski definition) is 0. The molecule has 1 heteroatoms. The van der Waals surface area contributed by atoms with Gasteiger partial charge in [-0.25, -0.2) is 0 Å². The van der Waals surface area contributed by atoms with Crippen molar-refractivity contribution in [2.24, 2.45) is 4.99 Å². The lowest BCUT2D eigenvalue weighted by Crippen LogP contribution is -1.66. The van der Waals surface area contributed by atoms with Crippen molar-refractivity contribution in [2.45, 2.75) is 13.8 Å². The smallest absolute Gasteiger partial charge is 0.0347 e. The maximum absolute atomic E-state index is 4.01. The average Bonchev–Trinajstić information content (AvgIpc) is 1.89. The fourth-order valence-electron chi connectivity index (χ4n) is 0.282. The molecule has 0 aromatic rings. The van der Waals surface area contributed by atoms with E-state index in [9.17, 15) is 0 Å². The molecule has 0 spiro atoms. The summed E-state index contributed by atoms with van der Waals surface area (Å²) in [4.78, 5) is 4.01. The van der Waals surface area contributed by atoms with Crippen LogP contribution in [0, 0.1) is 0 Å². The Labute approximate surface area is 56.1 Å². The molecule has 0 atom stereocenters. The van der Waals surface area contributed by atoms with Crippen LogP contribution in [0.5, 0.6) is 0 Å². The van der Waals surface area contributed by atoms with Crippen molar-refractivity contribution in [3.63, 3.8) is 0 Å². The minimum Gasteiger partial charge on any atom is -0.261 e. The molecule has 0 rings (SSSR count). The van der Waals surface area contributed by atoms with E-state index in [1.54, 1.807) is 12.3 Å². The van der Waals surface area contributed by atoms with Gasteiger partial charge in [0.15, 0.2) is 0 Å². The van der Waals surface area contributed by atoms with Crippen LogP contribution in [-0.2, 0) is 0 Å². The summed E-state index contributed by atoms with van der Waals surface area (Å²) in [5.74, 6) is 0. The Morgan fingerprint density at radius 2 is 2.33 bits per heavy atom. The first-order valence-corrected chi connectivity index (χ1v) is 2.82. The van der Waals surface area contributed by atoms with Crippen molar-refractivity contribution in [2.75, 3.05) is 0 Å². The summed E-state index contributed by atoms with van der Waals surface area (Å²) in [6.45, 7) is 7.28. The zero-order valence-corrected chi connectivity index (χ0v) is 5.89. The van der Waals surface area contributed by atoms with E-state index in [1.165, 1.54) is 0 Å². The lowest BCUT2D eigenvalue weighted by atomic mass is 10.5. The molecule has 0 saturated heterocycles. The van der Waals surface area contributed by atoms with E-state index in [2.05, 4.69) is 17.3 Å². The first-order valence-electron chi connectivity index (χ1n) is 2.82. The summed E-state index contributed by atoms with van der Waals surface area (Å²) < 4.78 is 0. The van der Waals surface area contributed by atoms with Crippen molar-refractivity contribution < 1.29 is 0 Å². The van der Waals surface area contributed by atoms with Crippen molar-refractivity contribution in [1.82, 2.24) is 0 Å². The van der Waals surface area contributed by atoms with Crippen LogP contribution < -0.4 is 0 Å². The number of nitrogens with zero attached hydrogens (tertiary/aromatic N) is 1. The zero-order valence-electron chi connectivity index (χ0n) is 5.89. The molecule has 0 amide bonds. The molecule has 0 saturated carbocycles. The molecule has 0 heterocycles. The van der Waals surface area contributed by atoms with Crippen LogP contribution in [0.2, 0.25) is 0 Å². The van der Waals surface area contributed by atoms with E-state index in [1.807, 2.05) is 19.9 Å². The van der Waals surface area contributed by atoms with Crippen molar-refractivity contribution >= 4 is 6.21 Å². The molecule has 0 radical (unpaired) electrons. The van der Waals surface area contributed by atoms with Gasteiger partial charge in [-0.1, -0.05) is 12.7 Å². The molecular weight excluding hydrogens is 110 g/mol.